The average Bonchev–Trinajstić information content (AvgIpc) is 2.85. The molecule has 0 bridgehead atoms. The van der Waals surface area contributed by atoms with Crippen LogP contribution < -0.4 is 15.4 Å². The molecule has 2 heterocycles. The second-order valence-electron chi connectivity index (χ2n) is 9.54. The summed E-state index contributed by atoms with van der Waals surface area (Å²) in [5, 5.41) is 0. The van der Waals surface area contributed by atoms with Gasteiger partial charge in [-0.05, 0) is 83.0 Å². The number of aryl methyl sites for hydroxylation is 1. The third kappa shape index (κ3) is 7.42. The monoisotopic (exact) mass is 481 g/mol. The van der Waals surface area contributed by atoms with Gasteiger partial charge >= 0.3 is 0 Å². The number of nitrogens with two attached hydrogens (primary N) is 1. The van der Waals surface area contributed by atoms with Crippen molar-refractivity contribution in [2.75, 3.05) is 51.5 Å². The number of benzene rings is 1. The molecule has 3 rings (SSSR count). The Morgan fingerprint density at radius 2 is 1.83 bits per heavy atom. The Hall–Kier alpha value is -3.13. The smallest absolute Gasteiger partial charge is 0.259 e. The van der Waals surface area contributed by atoms with Crippen LogP contribution in [0.25, 0.3) is 0 Å². The van der Waals surface area contributed by atoms with Crippen molar-refractivity contribution in [1.82, 2.24) is 14.8 Å². The minimum absolute atomic E-state index is 0.181. The molecule has 190 valence electrons. The summed E-state index contributed by atoms with van der Waals surface area (Å²) < 4.78 is 6.07. The van der Waals surface area contributed by atoms with Crippen LogP contribution in [0.1, 0.15) is 54.4 Å². The van der Waals surface area contributed by atoms with Gasteiger partial charge in [0, 0.05) is 38.8 Å². The Balaban J connectivity index is 1.44. The Bertz CT molecular complexity index is 985. The third-order valence-corrected chi connectivity index (χ3v) is 6.65. The summed E-state index contributed by atoms with van der Waals surface area (Å²) >= 11 is 0. The topological polar surface area (TPSA) is 92.0 Å². The van der Waals surface area contributed by atoms with Crippen LogP contribution >= 0.6 is 0 Å². The van der Waals surface area contributed by atoms with E-state index in [-0.39, 0.29) is 11.8 Å². The van der Waals surface area contributed by atoms with Crippen LogP contribution in [0, 0.1) is 6.92 Å². The van der Waals surface area contributed by atoms with Gasteiger partial charge in [-0.15, -0.1) is 0 Å². The SMILES string of the molecule is Cc1ccc(N(C)C(=O)c2ccc(N)nc2)c(OCCCCCC(=O)N2CCC(N(C)C)CC2)c1. The fraction of sp³-hybridized carbons (Fsp3) is 0.519. The quantitative estimate of drug-likeness (QED) is 0.520. The second-order valence-corrected chi connectivity index (χ2v) is 9.54. The molecule has 1 aliphatic heterocycles. The van der Waals surface area contributed by atoms with Crippen LogP contribution in [0.2, 0.25) is 0 Å². The number of pyridine rings is 1. The molecule has 1 aromatic carbocycles. The lowest BCUT2D eigenvalue weighted by molar-refractivity contribution is -0.132. The number of carbonyl (C=O) groups excluding carboxylic acids is 2. The lowest BCUT2D eigenvalue weighted by Crippen LogP contribution is -2.44. The molecule has 0 spiro atoms. The van der Waals surface area contributed by atoms with Gasteiger partial charge < -0.3 is 25.2 Å². The highest BCUT2D eigenvalue weighted by molar-refractivity contribution is 6.06. The van der Waals surface area contributed by atoms with Gasteiger partial charge in [-0.3, -0.25) is 9.59 Å². The van der Waals surface area contributed by atoms with E-state index in [4.69, 9.17) is 10.5 Å². The van der Waals surface area contributed by atoms with Crippen molar-refractivity contribution in [2.24, 2.45) is 0 Å². The van der Waals surface area contributed by atoms with E-state index >= 15 is 0 Å². The maximum Gasteiger partial charge on any atom is 0.259 e. The summed E-state index contributed by atoms with van der Waals surface area (Å²) in [6.07, 6.45) is 6.81. The van der Waals surface area contributed by atoms with Crippen LogP contribution in [-0.4, -0.2) is 73.5 Å². The number of anilines is 2. The van der Waals surface area contributed by atoms with Gasteiger partial charge in [0.1, 0.15) is 11.6 Å². The fourth-order valence-corrected chi connectivity index (χ4v) is 4.38. The van der Waals surface area contributed by atoms with E-state index in [0.29, 0.717) is 41.9 Å². The lowest BCUT2D eigenvalue weighted by Gasteiger charge is -2.35. The van der Waals surface area contributed by atoms with Crippen LogP contribution in [0.4, 0.5) is 11.5 Å². The molecule has 8 heteroatoms. The Kier molecular flexibility index (Phi) is 9.48. The van der Waals surface area contributed by atoms with Crippen molar-refractivity contribution in [2.45, 2.75) is 51.5 Å². The predicted octanol–water partition coefficient (Wildman–Crippen LogP) is 3.74. The molecule has 0 saturated carbocycles. The molecule has 35 heavy (non-hydrogen) atoms. The summed E-state index contributed by atoms with van der Waals surface area (Å²) in [6.45, 7) is 4.25. The molecule has 0 aliphatic carbocycles. The van der Waals surface area contributed by atoms with E-state index in [2.05, 4.69) is 24.0 Å². The molecule has 1 saturated heterocycles. The van der Waals surface area contributed by atoms with Gasteiger partial charge in [-0.2, -0.15) is 0 Å². The average molecular weight is 482 g/mol. The largest absolute Gasteiger partial charge is 0.491 e. The van der Waals surface area contributed by atoms with E-state index in [1.807, 2.05) is 30.0 Å². The first-order chi connectivity index (χ1) is 16.8. The number of carbonyl (C=O) groups is 2. The van der Waals surface area contributed by atoms with Crippen molar-refractivity contribution >= 4 is 23.3 Å². The van der Waals surface area contributed by atoms with E-state index < -0.39 is 0 Å². The molecule has 8 nitrogen and oxygen atoms in total. The standard InChI is InChI=1S/C27H39N5O3/c1-20-9-11-23(31(4)27(34)21-10-12-25(28)29-19-21)24(18-20)35-17-7-5-6-8-26(33)32-15-13-22(14-16-32)30(2)3/h9-12,18-19,22H,5-8,13-17H2,1-4H3,(H2,28,29). The zero-order valence-electron chi connectivity index (χ0n) is 21.5. The molecule has 2 amide bonds. The van der Waals surface area contributed by atoms with Crippen molar-refractivity contribution in [3.8, 4) is 5.75 Å². The number of nitrogens with zero attached hydrogens (tertiary/aromatic N) is 4. The molecular formula is C27H39N5O3. The van der Waals surface area contributed by atoms with Gasteiger partial charge in [-0.1, -0.05) is 6.07 Å². The van der Waals surface area contributed by atoms with Gasteiger partial charge in [-0.25, -0.2) is 4.98 Å². The molecule has 1 aromatic heterocycles. The van der Waals surface area contributed by atoms with E-state index in [9.17, 15) is 9.59 Å². The highest BCUT2D eigenvalue weighted by Crippen LogP contribution is 2.30. The summed E-state index contributed by atoms with van der Waals surface area (Å²) in [4.78, 5) is 35.3. The lowest BCUT2D eigenvalue weighted by atomic mass is 10.0. The number of unbranched alkanes of at least 4 members (excludes halogenated alkanes) is 2. The summed E-state index contributed by atoms with van der Waals surface area (Å²) in [5.41, 5.74) is 7.86. The molecule has 1 fully saturated rings. The minimum Gasteiger partial charge on any atom is -0.491 e. The van der Waals surface area contributed by atoms with Crippen molar-refractivity contribution < 1.29 is 14.3 Å². The molecule has 0 radical (unpaired) electrons. The molecule has 2 N–H and O–H groups in total. The first-order valence-electron chi connectivity index (χ1n) is 12.4. The van der Waals surface area contributed by atoms with Gasteiger partial charge in [0.25, 0.3) is 5.91 Å². The van der Waals surface area contributed by atoms with Crippen molar-refractivity contribution in [3.63, 3.8) is 0 Å². The highest BCUT2D eigenvalue weighted by Gasteiger charge is 2.23. The molecule has 0 atom stereocenters. The summed E-state index contributed by atoms with van der Waals surface area (Å²) in [6, 6.07) is 9.67. The Morgan fingerprint density at radius 1 is 1.09 bits per heavy atom. The Morgan fingerprint density at radius 3 is 2.49 bits per heavy atom. The first-order valence-corrected chi connectivity index (χ1v) is 12.4. The fourth-order valence-electron chi connectivity index (χ4n) is 4.38. The minimum atomic E-state index is -0.181. The van der Waals surface area contributed by atoms with Gasteiger partial charge in [0.2, 0.25) is 5.91 Å². The normalized spacial score (nSPS) is 14.3. The maximum atomic E-state index is 12.9. The zero-order chi connectivity index (χ0) is 25.4. The highest BCUT2D eigenvalue weighted by atomic mass is 16.5. The van der Waals surface area contributed by atoms with E-state index in [0.717, 1.165) is 50.8 Å². The number of ether oxygens (including phenoxy) is 1. The zero-order valence-corrected chi connectivity index (χ0v) is 21.5. The number of nitrogen functional groups attached to an aromatic ring is 1. The molecule has 2 aromatic rings. The number of hydrogen-bond donors (Lipinski definition) is 1. The summed E-state index contributed by atoms with van der Waals surface area (Å²) in [7, 11) is 5.94. The number of likely N-dealkylation sites (tertiary alicyclic amines) is 1. The second kappa shape index (κ2) is 12.5. The predicted molar refractivity (Wildman–Crippen MR) is 140 cm³/mol. The first kappa shape index (κ1) is 26.5. The van der Waals surface area contributed by atoms with Crippen LogP contribution in [0.15, 0.2) is 36.5 Å². The number of amides is 2. The molecule has 0 unspecified atom stereocenters. The van der Waals surface area contributed by atoms with Crippen molar-refractivity contribution in [3.05, 3.63) is 47.7 Å². The van der Waals surface area contributed by atoms with Crippen LogP contribution in [-0.2, 0) is 4.79 Å². The van der Waals surface area contributed by atoms with E-state index in [1.165, 1.54) is 6.20 Å². The maximum absolute atomic E-state index is 12.9. The molecular weight excluding hydrogens is 442 g/mol. The number of piperidine rings is 1. The van der Waals surface area contributed by atoms with Crippen LogP contribution in [0.5, 0.6) is 5.75 Å². The Labute approximate surface area is 209 Å². The van der Waals surface area contributed by atoms with Gasteiger partial charge in [0.15, 0.2) is 0 Å². The van der Waals surface area contributed by atoms with Crippen LogP contribution in [0.3, 0.4) is 0 Å². The summed E-state index contributed by atoms with van der Waals surface area (Å²) in [5.74, 6) is 1.13. The van der Waals surface area contributed by atoms with Crippen molar-refractivity contribution in [1.29, 1.82) is 0 Å². The molecule has 1 aliphatic rings. The number of aromatic nitrogens is 1. The third-order valence-electron chi connectivity index (χ3n) is 6.65. The van der Waals surface area contributed by atoms with Gasteiger partial charge in [0.05, 0.1) is 17.9 Å². The number of hydrogen-bond acceptors (Lipinski definition) is 6. The van der Waals surface area contributed by atoms with E-state index in [1.54, 1.807) is 24.1 Å². The number of rotatable bonds is 10.